The zero-order chi connectivity index (χ0) is 21.4. The maximum atomic E-state index is 12.5. The number of methoxy groups -OCH3 is 1. The molecule has 3 heterocycles. The van der Waals surface area contributed by atoms with E-state index < -0.39 is 6.04 Å². The first kappa shape index (κ1) is 19.7. The Hall–Kier alpha value is -3.29. The van der Waals surface area contributed by atoms with Crippen molar-refractivity contribution in [1.29, 1.82) is 0 Å². The third-order valence-electron chi connectivity index (χ3n) is 5.67. The van der Waals surface area contributed by atoms with Gasteiger partial charge in [-0.2, -0.15) is 0 Å². The molecule has 0 radical (unpaired) electrons. The number of benzene rings is 2. The highest BCUT2D eigenvalue weighted by atomic mass is 32.1. The molecule has 1 aliphatic heterocycles. The number of thiophene rings is 1. The van der Waals surface area contributed by atoms with Gasteiger partial charge in [-0.05, 0) is 16.7 Å². The fourth-order valence-electron chi connectivity index (χ4n) is 4.20. The van der Waals surface area contributed by atoms with Crippen LogP contribution in [-0.2, 0) is 29.1 Å². The van der Waals surface area contributed by atoms with E-state index in [1.165, 1.54) is 5.56 Å². The van der Waals surface area contributed by atoms with E-state index in [9.17, 15) is 4.79 Å². The summed E-state index contributed by atoms with van der Waals surface area (Å²) in [6.45, 7) is 0.861. The highest BCUT2D eigenvalue weighted by Gasteiger charge is 2.33. The van der Waals surface area contributed by atoms with Crippen LogP contribution in [0.1, 0.15) is 17.0 Å². The Labute approximate surface area is 184 Å². The van der Waals surface area contributed by atoms with E-state index in [4.69, 9.17) is 20.4 Å². The average molecular weight is 431 g/mol. The summed E-state index contributed by atoms with van der Waals surface area (Å²) in [5, 5.41) is 3.05. The maximum absolute atomic E-state index is 12.5. The first-order valence-electron chi connectivity index (χ1n) is 10.1. The number of hydrogen-bond acceptors (Lipinski definition) is 6. The molecule has 31 heavy (non-hydrogen) atoms. The van der Waals surface area contributed by atoms with Crippen LogP contribution in [0.5, 0.6) is 0 Å². The van der Waals surface area contributed by atoms with Crippen LogP contribution >= 0.6 is 11.3 Å². The molecule has 1 atom stereocenters. The maximum Gasteiger partial charge on any atom is 0.240 e. The van der Waals surface area contributed by atoms with Crippen molar-refractivity contribution in [3.8, 4) is 11.1 Å². The summed E-state index contributed by atoms with van der Waals surface area (Å²) in [6, 6.07) is 17.9. The third-order valence-corrected chi connectivity index (χ3v) is 6.54. The summed E-state index contributed by atoms with van der Waals surface area (Å²) < 4.78 is 5.31. The van der Waals surface area contributed by atoms with Crippen molar-refractivity contribution in [3.05, 3.63) is 76.9 Å². The molecule has 2 aromatic heterocycles. The number of fused-ring (bicyclic) bond motifs is 2. The van der Waals surface area contributed by atoms with E-state index in [1.807, 2.05) is 35.2 Å². The van der Waals surface area contributed by atoms with Gasteiger partial charge >= 0.3 is 0 Å². The fourth-order valence-corrected chi connectivity index (χ4v) is 5.16. The van der Waals surface area contributed by atoms with E-state index in [-0.39, 0.29) is 5.91 Å². The molecule has 4 aromatic rings. The van der Waals surface area contributed by atoms with Gasteiger partial charge in [-0.25, -0.2) is 9.97 Å². The molecular formula is C24H22N4O2S. The Morgan fingerprint density at radius 2 is 1.87 bits per heavy atom. The molecular weight excluding hydrogens is 408 g/mol. The number of carbonyl (C=O) groups is 1. The van der Waals surface area contributed by atoms with E-state index in [2.05, 4.69) is 29.6 Å². The number of nitrogens with two attached hydrogens (primary N) is 1. The summed E-state index contributed by atoms with van der Waals surface area (Å²) in [4.78, 5) is 25.0. The minimum absolute atomic E-state index is 0.299. The Bertz CT molecular complexity index is 1260. The van der Waals surface area contributed by atoms with Gasteiger partial charge in [0.1, 0.15) is 23.3 Å². The summed E-state index contributed by atoms with van der Waals surface area (Å²) in [6.07, 6.45) is 0.557. The molecule has 0 spiro atoms. The molecule has 1 amide bonds. The minimum atomic E-state index is -0.480. The smallest absolute Gasteiger partial charge is 0.240 e. The lowest BCUT2D eigenvalue weighted by Gasteiger charge is -2.36. The van der Waals surface area contributed by atoms with Crippen molar-refractivity contribution in [2.45, 2.75) is 25.6 Å². The van der Waals surface area contributed by atoms with Crippen LogP contribution in [0.25, 0.3) is 21.3 Å². The number of amides is 1. The summed E-state index contributed by atoms with van der Waals surface area (Å²) in [5.41, 5.74) is 10.3. The van der Waals surface area contributed by atoms with E-state index in [1.54, 1.807) is 18.4 Å². The molecule has 0 saturated heterocycles. The largest absolute Gasteiger partial charge is 0.377 e. The Balaban J connectivity index is 1.73. The summed E-state index contributed by atoms with van der Waals surface area (Å²) >= 11 is 1.57. The first-order valence-corrected chi connectivity index (χ1v) is 11.0. The van der Waals surface area contributed by atoms with Gasteiger partial charge in [0.25, 0.3) is 0 Å². The fraction of sp³-hybridized carbons (Fsp3) is 0.208. The van der Waals surface area contributed by atoms with Crippen molar-refractivity contribution in [2.75, 3.05) is 12.0 Å². The Kier molecular flexibility index (Phi) is 5.13. The molecule has 0 saturated carbocycles. The number of ether oxygens (including phenoxy) is 1. The standard InChI is InChI=1S/C24H22N4O2S/c1-30-13-20-26-23(21-18(14-31-24(21)27-20)15-7-3-2-4-8-15)28-12-17-10-6-5-9-16(17)11-19(28)22(25)29/h2-10,14,19H,11-13H2,1H3,(H2,25,29)/t19-/m1/s1. The highest BCUT2D eigenvalue weighted by Crippen LogP contribution is 2.40. The molecule has 0 aliphatic carbocycles. The molecule has 7 heteroatoms. The van der Waals surface area contributed by atoms with Crippen molar-refractivity contribution < 1.29 is 9.53 Å². The number of primary amides is 1. The number of aromatic nitrogens is 2. The third kappa shape index (κ3) is 3.56. The van der Waals surface area contributed by atoms with E-state index >= 15 is 0 Å². The van der Waals surface area contributed by atoms with Crippen molar-refractivity contribution >= 4 is 33.3 Å². The lowest BCUT2D eigenvalue weighted by Crippen LogP contribution is -2.49. The molecule has 1 aliphatic rings. The van der Waals surface area contributed by atoms with Gasteiger partial charge in [-0.1, -0.05) is 54.6 Å². The van der Waals surface area contributed by atoms with E-state index in [0.29, 0.717) is 25.4 Å². The predicted octanol–water partition coefficient (Wildman–Crippen LogP) is 3.92. The van der Waals surface area contributed by atoms with Crippen LogP contribution in [0, 0.1) is 0 Å². The molecule has 156 valence electrons. The van der Waals surface area contributed by atoms with Crippen LogP contribution in [0.3, 0.4) is 0 Å². The second-order valence-electron chi connectivity index (χ2n) is 7.61. The average Bonchev–Trinajstić information content (AvgIpc) is 3.22. The van der Waals surface area contributed by atoms with Crippen LogP contribution in [0.2, 0.25) is 0 Å². The van der Waals surface area contributed by atoms with Crippen LogP contribution < -0.4 is 10.6 Å². The molecule has 0 bridgehead atoms. The zero-order valence-corrected chi connectivity index (χ0v) is 17.9. The van der Waals surface area contributed by atoms with Gasteiger partial charge in [0, 0.05) is 31.0 Å². The first-order chi connectivity index (χ1) is 15.2. The lowest BCUT2D eigenvalue weighted by atomic mass is 9.93. The number of hydrogen-bond donors (Lipinski definition) is 1. The normalized spacial score (nSPS) is 15.8. The zero-order valence-electron chi connectivity index (χ0n) is 17.1. The van der Waals surface area contributed by atoms with Gasteiger partial charge in [-0.3, -0.25) is 4.79 Å². The van der Waals surface area contributed by atoms with Crippen LogP contribution in [-0.4, -0.2) is 29.0 Å². The minimum Gasteiger partial charge on any atom is -0.377 e. The van der Waals surface area contributed by atoms with Crippen molar-refractivity contribution in [3.63, 3.8) is 0 Å². The van der Waals surface area contributed by atoms with Crippen LogP contribution in [0.4, 0.5) is 5.82 Å². The molecule has 6 nitrogen and oxygen atoms in total. The monoisotopic (exact) mass is 430 g/mol. The van der Waals surface area contributed by atoms with Gasteiger partial charge in [0.15, 0.2) is 5.82 Å². The second kappa shape index (κ2) is 8.09. The topological polar surface area (TPSA) is 81.3 Å². The molecule has 2 N–H and O–H groups in total. The number of nitrogens with zero attached hydrogens (tertiary/aromatic N) is 3. The number of anilines is 1. The predicted molar refractivity (Wildman–Crippen MR) is 123 cm³/mol. The Morgan fingerprint density at radius 3 is 2.61 bits per heavy atom. The highest BCUT2D eigenvalue weighted by molar-refractivity contribution is 7.17. The number of rotatable bonds is 5. The van der Waals surface area contributed by atoms with E-state index in [0.717, 1.165) is 32.7 Å². The molecule has 0 unspecified atom stereocenters. The lowest BCUT2D eigenvalue weighted by molar-refractivity contribution is -0.119. The second-order valence-corrected chi connectivity index (χ2v) is 8.47. The molecule has 2 aromatic carbocycles. The van der Waals surface area contributed by atoms with Gasteiger partial charge in [-0.15, -0.1) is 11.3 Å². The summed E-state index contributed by atoms with van der Waals surface area (Å²) in [7, 11) is 1.63. The SMILES string of the molecule is COCc1nc(N2Cc3ccccc3C[C@@H]2C(N)=O)c2c(-c3ccccc3)csc2n1. The molecule has 0 fully saturated rings. The van der Waals surface area contributed by atoms with Gasteiger partial charge in [0.2, 0.25) is 5.91 Å². The summed E-state index contributed by atoms with van der Waals surface area (Å²) in [5.74, 6) is 0.968. The molecule has 5 rings (SSSR count). The number of carbonyl (C=O) groups excluding carboxylic acids is 1. The van der Waals surface area contributed by atoms with Gasteiger partial charge < -0.3 is 15.4 Å². The van der Waals surface area contributed by atoms with Crippen molar-refractivity contribution in [2.24, 2.45) is 5.73 Å². The van der Waals surface area contributed by atoms with Crippen LogP contribution in [0.15, 0.2) is 60.0 Å². The van der Waals surface area contributed by atoms with Crippen molar-refractivity contribution in [1.82, 2.24) is 9.97 Å². The Morgan fingerprint density at radius 1 is 1.13 bits per heavy atom. The van der Waals surface area contributed by atoms with Gasteiger partial charge in [0.05, 0.1) is 5.39 Å². The quantitative estimate of drug-likeness (QED) is 0.519.